The van der Waals surface area contributed by atoms with Gasteiger partial charge in [0.05, 0.1) is 4.92 Å². The van der Waals surface area contributed by atoms with E-state index in [0.29, 0.717) is 5.92 Å². The summed E-state index contributed by atoms with van der Waals surface area (Å²) in [6.45, 7) is 4.40. The van der Waals surface area contributed by atoms with Crippen LogP contribution in [0.4, 0.5) is 11.4 Å². The number of thioether (sulfide) groups is 1. The molecule has 0 spiro atoms. The number of nitrogen functional groups attached to an aromatic ring is 1. The van der Waals surface area contributed by atoms with Gasteiger partial charge in [-0.05, 0) is 29.7 Å². The van der Waals surface area contributed by atoms with E-state index in [1.807, 2.05) is 11.8 Å². The van der Waals surface area contributed by atoms with E-state index in [1.54, 1.807) is 12.1 Å². The van der Waals surface area contributed by atoms with Crippen molar-refractivity contribution in [2.75, 3.05) is 11.5 Å². The molecule has 5 heteroatoms. The lowest BCUT2D eigenvalue weighted by atomic mass is 10.2. The fourth-order valence-corrected chi connectivity index (χ4v) is 2.57. The molecule has 0 unspecified atom stereocenters. The van der Waals surface area contributed by atoms with Crippen LogP contribution in [-0.2, 0) is 5.75 Å². The SMILES string of the molecule is CC(C)CCSCc1ccc([N+](=O)[O-])c(N)c1. The average Bonchev–Trinajstić information content (AvgIpc) is 2.23. The largest absolute Gasteiger partial charge is 0.393 e. The maximum absolute atomic E-state index is 10.6. The number of nitrogens with two attached hydrogens (primary N) is 1. The van der Waals surface area contributed by atoms with Crippen LogP contribution in [0, 0.1) is 16.0 Å². The van der Waals surface area contributed by atoms with Crippen LogP contribution in [0.2, 0.25) is 0 Å². The molecule has 0 bridgehead atoms. The third kappa shape index (κ3) is 4.65. The second-order valence-electron chi connectivity index (χ2n) is 4.39. The third-order valence-electron chi connectivity index (χ3n) is 2.40. The van der Waals surface area contributed by atoms with Gasteiger partial charge >= 0.3 is 0 Å². The second kappa shape index (κ2) is 6.49. The minimum Gasteiger partial charge on any atom is -0.393 e. The molecule has 2 N–H and O–H groups in total. The Balaban J connectivity index is 2.50. The van der Waals surface area contributed by atoms with Crippen LogP contribution in [0.25, 0.3) is 0 Å². The van der Waals surface area contributed by atoms with Gasteiger partial charge in [-0.15, -0.1) is 0 Å². The van der Waals surface area contributed by atoms with E-state index < -0.39 is 4.92 Å². The van der Waals surface area contributed by atoms with E-state index in [-0.39, 0.29) is 11.4 Å². The summed E-state index contributed by atoms with van der Waals surface area (Å²) in [6.07, 6.45) is 1.19. The molecule has 0 amide bonds. The van der Waals surface area contributed by atoms with Crippen LogP contribution in [0.15, 0.2) is 18.2 Å². The Morgan fingerprint density at radius 1 is 1.47 bits per heavy atom. The van der Waals surface area contributed by atoms with Crippen LogP contribution in [0.5, 0.6) is 0 Å². The molecule has 17 heavy (non-hydrogen) atoms. The van der Waals surface area contributed by atoms with Crippen molar-refractivity contribution in [3.63, 3.8) is 0 Å². The van der Waals surface area contributed by atoms with E-state index in [0.717, 1.165) is 17.1 Å². The Labute approximate surface area is 106 Å². The highest BCUT2D eigenvalue weighted by atomic mass is 32.2. The molecule has 94 valence electrons. The van der Waals surface area contributed by atoms with Gasteiger partial charge in [-0.3, -0.25) is 10.1 Å². The van der Waals surface area contributed by atoms with E-state index in [2.05, 4.69) is 13.8 Å². The second-order valence-corrected chi connectivity index (χ2v) is 5.49. The molecule has 0 aromatic heterocycles. The number of hydrogen-bond donors (Lipinski definition) is 1. The van der Waals surface area contributed by atoms with Crippen molar-refractivity contribution in [1.29, 1.82) is 0 Å². The number of benzene rings is 1. The summed E-state index contributed by atoms with van der Waals surface area (Å²) in [5.41, 5.74) is 6.90. The highest BCUT2D eigenvalue weighted by Crippen LogP contribution is 2.24. The highest BCUT2D eigenvalue weighted by Gasteiger charge is 2.10. The molecule has 0 heterocycles. The summed E-state index contributed by atoms with van der Waals surface area (Å²) in [4.78, 5) is 10.1. The van der Waals surface area contributed by atoms with Crippen molar-refractivity contribution < 1.29 is 4.92 Å². The predicted molar refractivity (Wildman–Crippen MR) is 73.1 cm³/mol. The van der Waals surface area contributed by atoms with Gasteiger partial charge in [-0.25, -0.2) is 0 Å². The minimum absolute atomic E-state index is 0.0130. The van der Waals surface area contributed by atoms with Gasteiger partial charge in [0.15, 0.2) is 0 Å². The number of rotatable bonds is 6. The first-order valence-electron chi connectivity index (χ1n) is 5.61. The maximum atomic E-state index is 10.6. The molecule has 0 aliphatic heterocycles. The van der Waals surface area contributed by atoms with Crippen molar-refractivity contribution in [3.05, 3.63) is 33.9 Å². The quantitative estimate of drug-likeness (QED) is 0.365. The van der Waals surface area contributed by atoms with E-state index in [4.69, 9.17) is 5.73 Å². The molecule has 0 saturated heterocycles. The lowest BCUT2D eigenvalue weighted by Gasteiger charge is -2.05. The molecule has 4 nitrogen and oxygen atoms in total. The van der Waals surface area contributed by atoms with Crippen molar-refractivity contribution in [2.24, 2.45) is 5.92 Å². The van der Waals surface area contributed by atoms with Crippen LogP contribution >= 0.6 is 11.8 Å². The molecule has 0 saturated carbocycles. The zero-order valence-electron chi connectivity index (χ0n) is 10.2. The number of nitro benzene ring substituents is 1. The molecule has 1 aromatic rings. The van der Waals surface area contributed by atoms with Crippen molar-refractivity contribution >= 4 is 23.1 Å². The monoisotopic (exact) mass is 254 g/mol. The van der Waals surface area contributed by atoms with Crippen molar-refractivity contribution in [1.82, 2.24) is 0 Å². The van der Waals surface area contributed by atoms with E-state index in [9.17, 15) is 10.1 Å². The van der Waals surface area contributed by atoms with Crippen LogP contribution in [0.1, 0.15) is 25.8 Å². The Morgan fingerprint density at radius 2 is 2.18 bits per heavy atom. The number of nitrogens with zero attached hydrogens (tertiary/aromatic N) is 1. The first-order valence-corrected chi connectivity index (χ1v) is 6.76. The molecule has 0 fully saturated rings. The van der Waals surface area contributed by atoms with Gasteiger partial charge in [-0.1, -0.05) is 19.9 Å². The Bertz CT molecular complexity index is 394. The first kappa shape index (κ1) is 13.8. The Kier molecular flexibility index (Phi) is 5.28. The lowest BCUT2D eigenvalue weighted by Crippen LogP contribution is -1.97. The summed E-state index contributed by atoms with van der Waals surface area (Å²) in [5.74, 6) is 2.67. The van der Waals surface area contributed by atoms with E-state index in [1.165, 1.54) is 12.5 Å². The molecular weight excluding hydrogens is 236 g/mol. The number of anilines is 1. The smallest absolute Gasteiger partial charge is 0.292 e. The molecule has 0 aliphatic rings. The van der Waals surface area contributed by atoms with Crippen molar-refractivity contribution in [2.45, 2.75) is 26.0 Å². The average molecular weight is 254 g/mol. The van der Waals surface area contributed by atoms with Gasteiger partial charge in [-0.2, -0.15) is 11.8 Å². The number of hydrogen-bond acceptors (Lipinski definition) is 4. The van der Waals surface area contributed by atoms with Gasteiger partial charge in [0.2, 0.25) is 0 Å². The fourth-order valence-electron chi connectivity index (χ4n) is 1.37. The van der Waals surface area contributed by atoms with Crippen LogP contribution < -0.4 is 5.73 Å². The third-order valence-corrected chi connectivity index (χ3v) is 3.46. The standard InChI is InChI=1S/C12H18N2O2S/c1-9(2)5-6-17-8-10-3-4-12(14(15)16)11(13)7-10/h3-4,7,9H,5-6,8,13H2,1-2H3. The minimum atomic E-state index is -0.453. The molecule has 0 aliphatic carbocycles. The van der Waals surface area contributed by atoms with Gasteiger partial charge in [0.25, 0.3) is 5.69 Å². The maximum Gasteiger partial charge on any atom is 0.292 e. The lowest BCUT2D eigenvalue weighted by molar-refractivity contribution is -0.383. The van der Waals surface area contributed by atoms with Crippen LogP contribution in [-0.4, -0.2) is 10.7 Å². The normalized spacial score (nSPS) is 10.8. The topological polar surface area (TPSA) is 69.2 Å². The summed E-state index contributed by atoms with van der Waals surface area (Å²) in [7, 11) is 0. The molecule has 0 radical (unpaired) electrons. The molecular formula is C12H18N2O2S. The summed E-state index contributed by atoms with van der Waals surface area (Å²) < 4.78 is 0. The zero-order chi connectivity index (χ0) is 12.8. The number of nitro groups is 1. The highest BCUT2D eigenvalue weighted by molar-refractivity contribution is 7.98. The summed E-state index contributed by atoms with van der Waals surface area (Å²) in [6, 6.07) is 4.95. The molecule has 1 aromatic carbocycles. The Hall–Kier alpha value is -1.23. The molecule has 0 atom stereocenters. The van der Waals surface area contributed by atoms with Gasteiger partial charge < -0.3 is 5.73 Å². The zero-order valence-corrected chi connectivity index (χ0v) is 11.0. The van der Waals surface area contributed by atoms with Gasteiger partial charge in [0.1, 0.15) is 5.69 Å². The van der Waals surface area contributed by atoms with Crippen LogP contribution in [0.3, 0.4) is 0 Å². The van der Waals surface area contributed by atoms with Gasteiger partial charge in [0, 0.05) is 11.8 Å². The Morgan fingerprint density at radius 3 is 2.71 bits per heavy atom. The fraction of sp³-hybridized carbons (Fsp3) is 0.500. The first-order chi connectivity index (χ1) is 8.00. The molecule has 1 rings (SSSR count). The summed E-state index contributed by atoms with van der Waals surface area (Å²) in [5, 5.41) is 10.6. The van der Waals surface area contributed by atoms with Crippen molar-refractivity contribution in [3.8, 4) is 0 Å². The summed E-state index contributed by atoms with van der Waals surface area (Å²) >= 11 is 1.83. The van der Waals surface area contributed by atoms with E-state index >= 15 is 0 Å². The predicted octanol–water partition coefficient (Wildman–Crippen LogP) is 3.46.